The molecule has 0 aliphatic rings. The van der Waals surface area contributed by atoms with E-state index in [0.717, 1.165) is 15.7 Å². The van der Waals surface area contributed by atoms with Crippen LogP contribution in [0.3, 0.4) is 0 Å². The summed E-state index contributed by atoms with van der Waals surface area (Å²) in [6.45, 7) is 1.81. The van der Waals surface area contributed by atoms with Crippen molar-refractivity contribution in [3.63, 3.8) is 0 Å². The minimum Gasteiger partial charge on any atom is -0.223 e. The van der Waals surface area contributed by atoms with Gasteiger partial charge in [-0.15, -0.1) is 0 Å². The highest BCUT2D eigenvalue weighted by molar-refractivity contribution is 9.10. The van der Waals surface area contributed by atoms with Crippen LogP contribution in [0.2, 0.25) is 0 Å². The lowest BCUT2D eigenvalue weighted by molar-refractivity contribution is 0.567. The zero-order valence-corrected chi connectivity index (χ0v) is 15.2. The van der Waals surface area contributed by atoms with Crippen molar-refractivity contribution < 1.29 is 8.42 Å². The van der Waals surface area contributed by atoms with Crippen LogP contribution in [0.15, 0.2) is 70.6 Å². The summed E-state index contributed by atoms with van der Waals surface area (Å²) < 4.78 is 30.0. The number of halogens is 1. The summed E-state index contributed by atoms with van der Waals surface area (Å²) in [7, 11) is -3.59. The largest absolute Gasteiger partial charge is 0.241 e. The van der Waals surface area contributed by atoms with E-state index >= 15 is 0 Å². The number of nitrogens with zero attached hydrogens (tertiary/aromatic N) is 3. The molecule has 8 heteroatoms. The highest BCUT2D eigenvalue weighted by Gasteiger charge is 2.18. The Morgan fingerprint density at radius 2 is 1.92 bits per heavy atom. The summed E-state index contributed by atoms with van der Waals surface area (Å²) in [6, 6.07) is 13.7. The molecule has 0 amide bonds. The van der Waals surface area contributed by atoms with Gasteiger partial charge in [-0.05, 0) is 42.8 Å². The van der Waals surface area contributed by atoms with Crippen molar-refractivity contribution in [3.8, 4) is 5.69 Å². The number of hydrogen-bond donors (Lipinski definition) is 1. The third kappa shape index (κ3) is 3.72. The Labute approximate surface area is 148 Å². The van der Waals surface area contributed by atoms with E-state index in [2.05, 4.69) is 30.7 Å². The van der Waals surface area contributed by atoms with Gasteiger partial charge in [0.25, 0.3) is 0 Å². The molecule has 3 aromatic rings. The van der Waals surface area contributed by atoms with Gasteiger partial charge in [0.1, 0.15) is 12.7 Å². The maximum Gasteiger partial charge on any atom is 0.241 e. The lowest BCUT2D eigenvalue weighted by Crippen LogP contribution is -2.26. The molecule has 1 N–H and O–H groups in total. The first-order chi connectivity index (χ1) is 11.5. The molecule has 1 aromatic heterocycles. The Morgan fingerprint density at radius 3 is 2.54 bits per heavy atom. The fourth-order valence-electron chi connectivity index (χ4n) is 2.26. The predicted molar refractivity (Wildman–Crippen MR) is 94.2 cm³/mol. The van der Waals surface area contributed by atoms with Crippen LogP contribution in [0.4, 0.5) is 0 Å². The predicted octanol–water partition coefficient (Wildman–Crippen LogP) is 3.07. The highest BCUT2D eigenvalue weighted by Crippen LogP contribution is 2.20. The number of sulfonamides is 1. The van der Waals surface area contributed by atoms with Crippen LogP contribution in [0.5, 0.6) is 0 Å². The van der Waals surface area contributed by atoms with Gasteiger partial charge in [-0.25, -0.2) is 22.8 Å². The second-order valence-corrected chi connectivity index (χ2v) is 7.86. The van der Waals surface area contributed by atoms with Gasteiger partial charge in [-0.3, -0.25) is 0 Å². The zero-order valence-electron chi connectivity index (χ0n) is 12.8. The Kier molecular flexibility index (Phi) is 4.79. The molecule has 0 aliphatic carbocycles. The van der Waals surface area contributed by atoms with E-state index in [4.69, 9.17) is 0 Å². The average Bonchev–Trinajstić information content (AvgIpc) is 3.09. The molecule has 2 aromatic carbocycles. The van der Waals surface area contributed by atoms with Crippen LogP contribution in [-0.4, -0.2) is 23.2 Å². The topological polar surface area (TPSA) is 76.9 Å². The molecule has 0 spiro atoms. The third-order valence-electron chi connectivity index (χ3n) is 3.51. The maximum atomic E-state index is 12.5. The number of benzene rings is 2. The Balaban J connectivity index is 1.78. The maximum absolute atomic E-state index is 12.5. The van der Waals surface area contributed by atoms with E-state index in [1.807, 2.05) is 24.3 Å². The first kappa shape index (κ1) is 16.8. The monoisotopic (exact) mass is 406 g/mol. The lowest BCUT2D eigenvalue weighted by atomic mass is 10.1. The molecule has 124 valence electrons. The van der Waals surface area contributed by atoms with Crippen molar-refractivity contribution in [1.29, 1.82) is 0 Å². The molecule has 24 heavy (non-hydrogen) atoms. The van der Waals surface area contributed by atoms with Crippen molar-refractivity contribution in [3.05, 3.63) is 71.2 Å². The fraction of sp³-hybridized carbons (Fsp3) is 0.125. The molecule has 1 atom stereocenters. The van der Waals surface area contributed by atoms with Gasteiger partial charge in [-0.2, -0.15) is 5.10 Å². The van der Waals surface area contributed by atoms with Crippen molar-refractivity contribution in [2.45, 2.75) is 17.9 Å². The van der Waals surface area contributed by atoms with Gasteiger partial charge in [0.05, 0.1) is 10.6 Å². The molecular formula is C16H15BrN4O2S. The van der Waals surface area contributed by atoms with Gasteiger partial charge in [0.15, 0.2) is 0 Å². The molecule has 0 saturated heterocycles. The molecule has 0 saturated carbocycles. The van der Waals surface area contributed by atoms with Crippen LogP contribution in [0.1, 0.15) is 18.5 Å². The van der Waals surface area contributed by atoms with Gasteiger partial charge in [0.2, 0.25) is 10.0 Å². The quantitative estimate of drug-likeness (QED) is 0.705. The fourth-order valence-corrected chi connectivity index (χ4v) is 4.09. The smallest absolute Gasteiger partial charge is 0.223 e. The van der Waals surface area contributed by atoms with Crippen LogP contribution in [0.25, 0.3) is 5.69 Å². The Bertz CT molecular complexity index is 925. The summed E-state index contributed by atoms with van der Waals surface area (Å²) in [4.78, 5) is 4.13. The SMILES string of the molecule is C[C@@H](NS(=O)(=O)c1cccc(Br)c1)c1ccc(-n2cncn2)cc1. The standard InChI is InChI=1S/C16H15BrN4O2S/c1-12(20-24(22,23)16-4-2-3-14(17)9-16)13-5-7-15(8-6-13)21-11-18-10-19-21/h2-12,20H,1H3/t12-/m1/s1. The molecule has 0 aliphatic heterocycles. The first-order valence-electron chi connectivity index (χ1n) is 7.18. The molecular weight excluding hydrogens is 392 g/mol. The lowest BCUT2D eigenvalue weighted by Gasteiger charge is -2.15. The number of rotatable bonds is 5. The van der Waals surface area contributed by atoms with Gasteiger partial charge in [0, 0.05) is 10.5 Å². The molecule has 6 nitrogen and oxygen atoms in total. The van der Waals surface area contributed by atoms with Gasteiger partial charge >= 0.3 is 0 Å². The van der Waals surface area contributed by atoms with Crippen LogP contribution >= 0.6 is 15.9 Å². The zero-order chi connectivity index (χ0) is 17.2. The van der Waals surface area contributed by atoms with Crippen molar-refractivity contribution in [2.24, 2.45) is 0 Å². The number of nitrogens with one attached hydrogen (secondary N) is 1. The third-order valence-corrected chi connectivity index (χ3v) is 5.55. The summed E-state index contributed by atoms with van der Waals surface area (Å²) in [5.74, 6) is 0. The van der Waals surface area contributed by atoms with Crippen LogP contribution in [-0.2, 0) is 10.0 Å². The van der Waals surface area contributed by atoms with Crippen LogP contribution in [0, 0.1) is 0 Å². The summed E-state index contributed by atoms with van der Waals surface area (Å²) in [6.07, 6.45) is 3.07. The second-order valence-electron chi connectivity index (χ2n) is 5.23. The molecule has 0 radical (unpaired) electrons. The van der Waals surface area contributed by atoms with E-state index in [0.29, 0.717) is 0 Å². The van der Waals surface area contributed by atoms with E-state index in [1.54, 1.807) is 42.2 Å². The molecule has 0 unspecified atom stereocenters. The van der Waals surface area contributed by atoms with Gasteiger partial charge < -0.3 is 0 Å². The summed E-state index contributed by atoms with van der Waals surface area (Å²) >= 11 is 3.29. The van der Waals surface area contributed by atoms with E-state index in [1.165, 1.54) is 6.33 Å². The van der Waals surface area contributed by atoms with Crippen molar-refractivity contribution >= 4 is 26.0 Å². The minimum atomic E-state index is -3.59. The molecule has 0 fully saturated rings. The molecule has 1 heterocycles. The molecule has 0 bridgehead atoms. The van der Waals surface area contributed by atoms with Crippen LogP contribution < -0.4 is 4.72 Å². The minimum absolute atomic E-state index is 0.225. The Morgan fingerprint density at radius 1 is 1.17 bits per heavy atom. The number of aromatic nitrogens is 3. The number of hydrogen-bond acceptors (Lipinski definition) is 4. The normalized spacial score (nSPS) is 12.9. The highest BCUT2D eigenvalue weighted by atomic mass is 79.9. The average molecular weight is 407 g/mol. The van der Waals surface area contributed by atoms with Crippen molar-refractivity contribution in [1.82, 2.24) is 19.5 Å². The van der Waals surface area contributed by atoms with Gasteiger partial charge in [-0.1, -0.05) is 34.1 Å². The second kappa shape index (κ2) is 6.84. The summed E-state index contributed by atoms with van der Waals surface area (Å²) in [5.41, 5.74) is 1.72. The molecule has 3 rings (SSSR count). The summed E-state index contributed by atoms with van der Waals surface area (Å²) in [5, 5.41) is 4.06. The van der Waals surface area contributed by atoms with E-state index < -0.39 is 10.0 Å². The first-order valence-corrected chi connectivity index (χ1v) is 9.46. The van der Waals surface area contributed by atoms with E-state index in [9.17, 15) is 8.42 Å². The van der Waals surface area contributed by atoms with E-state index in [-0.39, 0.29) is 10.9 Å². The Hall–Kier alpha value is -2.03. The van der Waals surface area contributed by atoms with Crippen molar-refractivity contribution in [2.75, 3.05) is 0 Å².